The summed E-state index contributed by atoms with van der Waals surface area (Å²) in [5.41, 5.74) is 13.3. The normalized spacial score (nSPS) is 13.8. The Morgan fingerprint density at radius 1 is 0.364 bits per heavy atom. The molecule has 0 unspecified atom stereocenters. The van der Waals surface area contributed by atoms with Crippen LogP contribution in [0.3, 0.4) is 0 Å². The van der Waals surface area contributed by atoms with E-state index in [2.05, 4.69) is 137 Å². The van der Waals surface area contributed by atoms with Crippen LogP contribution in [-0.4, -0.2) is 4.40 Å². The number of para-hydroxylation sites is 5. The SMILES string of the molecule is [2H]c1c([2H])c([2H])c(-c2cccc3c2oc2c(N(c4cccc(C)c4)c4ccc5cc6c7ccc(N(c8cccc(C)c8)c8cccc9c8oc8c(-c%10c([2H])c([2H])c([2H])c([2H])c%10[2H])cccc89)c8c9ccccc9n(c6cc5c4)c78)cccc23)c([2H])c1[2H]. The van der Waals surface area contributed by atoms with E-state index in [1.54, 1.807) is 12.1 Å². The van der Waals surface area contributed by atoms with E-state index in [9.17, 15) is 0 Å². The van der Waals surface area contributed by atoms with Crippen molar-refractivity contribution in [3.05, 3.63) is 260 Å². The van der Waals surface area contributed by atoms with Gasteiger partial charge in [-0.05, 0) is 120 Å². The number of anilines is 6. The molecule has 16 rings (SSSR count). The fraction of sp³-hybridized carbons (Fsp3) is 0.0278. The fourth-order valence-corrected chi connectivity index (χ4v) is 12.0. The number of hydrogen-bond donors (Lipinski definition) is 0. The molecule has 5 heteroatoms. The monoisotopic (exact) mass is 995 g/mol. The minimum Gasteiger partial charge on any atom is -0.453 e. The van der Waals surface area contributed by atoms with Crippen LogP contribution in [0.25, 0.3) is 115 Å². The van der Waals surface area contributed by atoms with Crippen LogP contribution in [-0.2, 0) is 0 Å². The first-order valence-corrected chi connectivity index (χ1v) is 25.6. The fourth-order valence-electron chi connectivity index (χ4n) is 12.0. The van der Waals surface area contributed by atoms with Crippen molar-refractivity contribution in [3.8, 4) is 22.3 Å². The maximum Gasteiger partial charge on any atom is 0.159 e. The smallest absolute Gasteiger partial charge is 0.159 e. The second-order valence-corrected chi connectivity index (χ2v) is 19.8. The van der Waals surface area contributed by atoms with E-state index in [0.717, 1.165) is 116 Å². The number of fused-ring (bicyclic) bond motifs is 13. The lowest BCUT2D eigenvalue weighted by atomic mass is 10.0. The van der Waals surface area contributed by atoms with E-state index in [1.807, 2.05) is 66.7 Å². The summed E-state index contributed by atoms with van der Waals surface area (Å²) in [7, 11) is 0. The number of hydrogen-bond acceptors (Lipinski definition) is 4. The molecule has 0 spiro atoms. The molecule has 0 fully saturated rings. The average Bonchev–Trinajstić information content (AvgIpc) is 1.55. The Morgan fingerprint density at radius 3 is 1.52 bits per heavy atom. The highest BCUT2D eigenvalue weighted by Crippen LogP contribution is 2.51. The van der Waals surface area contributed by atoms with Crippen LogP contribution >= 0.6 is 0 Å². The number of furan rings is 2. The van der Waals surface area contributed by atoms with Crippen molar-refractivity contribution in [3.63, 3.8) is 0 Å². The zero-order valence-corrected chi connectivity index (χ0v) is 41.6. The van der Waals surface area contributed by atoms with Gasteiger partial charge in [-0.25, -0.2) is 0 Å². The molecule has 0 aliphatic heterocycles. The van der Waals surface area contributed by atoms with Gasteiger partial charge in [0.15, 0.2) is 11.2 Å². The zero-order valence-electron chi connectivity index (χ0n) is 51.6. The van der Waals surface area contributed by atoms with Gasteiger partial charge in [0.05, 0.1) is 47.3 Å². The summed E-state index contributed by atoms with van der Waals surface area (Å²) >= 11 is 0. The second-order valence-electron chi connectivity index (χ2n) is 19.8. The summed E-state index contributed by atoms with van der Waals surface area (Å²) in [4.78, 5) is 4.44. The first-order valence-electron chi connectivity index (χ1n) is 30.6. The Balaban J connectivity index is 0.900. The summed E-state index contributed by atoms with van der Waals surface area (Å²) in [5, 5.41) is 9.43. The Kier molecular flexibility index (Phi) is 7.46. The highest BCUT2D eigenvalue weighted by Gasteiger charge is 2.28. The maximum absolute atomic E-state index is 8.93. The summed E-state index contributed by atoms with van der Waals surface area (Å²) in [5.74, 6) is 0. The van der Waals surface area contributed by atoms with E-state index in [-0.39, 0.29) is 35.3 Å². The van der Waals surface area contributed by atoms with Crippen LogP contribution in [0.4, 0.5) is 34.1 Å². The van der Waals surface area contributed by atoms with E-state index in [0.29, 0.717) is 33.5 Å². The van der Waals surface area contributed by atoms with Gasteiger partial charge in [0.25, 0.3) is 0 Å². The van der Waals surface area contributed by atoms with Gasteiger partial charge < -0.3 is 23.0 Å². The van der Waals surface area contributed by atoms with Gasteiger partial charge in [-0.3, -0.25) is 0 Å². The van der Waals surface area contributed by atoms with Crippen molar-refractivity contribution < 1.29 is 22.5 Å². The van der Waals surface area contributed by atoms with Gasteiger partial charge in [0.2, 0.25) is 0 Å². The van der Waals surface area contributed by atoms with Crippen LogP contribution in [0.5, 0.6) is 0 Å². The quantitative estimate of drug-likeness (QED) is 0.152. The molecule has 5 nitrogen and oxygen atoms in total. The third-order valence-corrected chi connectivity index (χ3v) is 15.3. The first kappa shape index (κ1) is 34.4. The molecule has 0 radical (unpaired) electrons. The lowest BCUT2D eigenvalue weighted by molar-refractivity contribution is 0.670. The maximum atomic E-state index is 8.93. The third kappa shape index (κ3) is 6.54. The number of benzene rings is 12. The van der Waals surface area contributed by atoms with Gasteiger partial charge in [-0.2, -0.15) is 0 Å². The number of nitrogens with zero attached hydrogens (tertiary/aromatic N) is 3. The summed E-state index contributed by atoms with van der Waals surface area (Å²) in [6.07, 6.45) is 0. The summed E-state index contributed by atoms with van der Waals surface area (Å²) in [6, 6.07) is 60.1. The van der Waals surface area contributed by atoms with Crippen LogP contribution in [0, 0.1) is 13.8 Å². The van der Waals surface area contributed by atoms with Crippen LogP contribution < -0.4 is 9.80 Å². The van der Waals surface area contributed by atoms with Gasteiger partial charge >= 0.3 is 0 Å². The molecule has 16 aromatic rings. The molecule has 0 saturated heterocycles. The topological polar surface area (TPSA) is 37.2 Å². The lowest BCUT2D eigenvalue weighted by Gasteiger charge is -2.27. The molecule has 4 heterocycles. The largest absolute Gasteiger partial charge is 0.453 e. The Hall–Kier alpha value is -10.1. The van der Waals surface area contributed by atoms with Gasteiger partial charge in [0, 0.05) is 71.3 Å². The van der Waals surface area contributed by atoms with Crippen molar-refractivity contribution in [2.75, 3.05) is 9.80 Å². The molecular weight excluding hydrogens is 939 g/mol. The first-order chi connectivity index (χ1) is 42.2. The predicted octanol–water partition coefficient (Wildman–Crippen LogP) is 20.7. The molecule has 0 N–H and O–H groups in total. The molecule has 4 aromatic heterocycles. The second kappa shape index (κ2) is 16.7. The van der Waals surface area contributed by atoms with Crippen molar-refractivity contribution in [2.24, 2.45) is 0 Å². The van der Waals surface area contributed by atoms with E-state index in [1.165, 1.54) is 0 Å². The third-order valence-electron chi connectivity index (χ3n) is 15.3. The molecule has 0 saturated carbocycles. The summed E-state index contributed by atoms with van der Waals surface area (Å²) in [6.45, 7) is 4.14. The molecule has 0 aliphatic rings. The van der Waals surface area contributed by atoms with Crippen LogP contribution in [0.1, 0.15) is 24.8 Å². The molecule has 362 valence electrons. The van der Waals surface area contributed by atoms with Crippen molar-refractivity contribution in [1.29, 1.82) is 0 Å². The van der Waals surface area contributed by atoms with E-state index in [4.69, 9.17) is 22.5 Å². The van der Waals surface area contributed by atoms with Crippen molar-refractivity contribution in [2.45, 2.75) is 13.8 Å². The van der Waals surface area contributed by atoms with Gasteiger partial charge in [-0.15, -0.1) is 0 Å². The number of rotatable bonds is 8. The van der Waals surface area contributed by atoms with Crippen LogP contribution in [0.15, 0.2) is 257 Å². The highest BCUT2D eigenvalue weighted by molar-refractivity contribution is 6.29. The number of aromatic nitrogens is 1. The van der Waals surface area contributed by atoms with Gasteiger partial charge in [-0.1, -0.05) is 176 Å². The van der Waals surface area contributed by atoms with E-state index >= 15 is 0 Å². The van der Waals surface area contributed by atoms with Crippen molar-refractivity contribution in [1.82, 2.24) is 4.40 Å². The Labute approximate surface area is 457 Å². The molecule has 0 aliphatic carbocycles. The predicted molar refractivity (Wildman–Crippen MR) is 323 cm³/mol. The molecular formula is C72H47N3O2. The highest BCUT2D eigenvalue weighted by atomic mass is 16.3. The zero-order chi connectivity index (χ0) is 59.6. The van der Waals surface area contributed by atoms with Crippen LogP contribution in [0.2, 0.25) is 0 Å². The average molecular weight is 996 g/mol. The minimum absolute atomic E-state index is 0.0761. The Morgan fingerprint density at radius 2 is 0.896 bits per heavy atom. The molecule has 0 amide bonds. The Bertz CT molecular complexity index is 5610. The van der Waals surface area contributed by atoms with Crippen molar-refractivity contribution >= 4 is 127 Å². The molecule has 0 bridgehead atoms. The summed E-state index contributed by atoms with van der Waals surface area (Å²) < 4.78 is 103. The van der Waals surface area contributed by atoms with E-state index < -0.39 is 36.3 Å². The standard InChI is InChI=1S/C72H47N3O2/c1-44-17-11-23-50(39-44)73(64-33-15-30-58-56-28-13-26-53(69(56)76-71(58)64)46-19-5-3-6-20-46)52-36-35-48-42-61-55-37-38-63(67-60-25-9-10-32-62(60)75(68(55)67)66(61)43-49(48)41-52)74(51-24-12-18-45(2)40-51)65-34-16-31-59-57-29-14-27-54(70(57)77-72(59)65)47-21-7-4-8-22-47/h3-43H,1-2H3/i3D,4D,5D,6D,7D,8D,19D,20D,21D,22D. The number of aryl methyl sites for hydroxylation is 2. The molecule has 0 atom stereocenters. The lowest BCUT2D eigenvalue weighted by Crippen LogP contribution is -2.11. The van der Waals surface area contributed by atoms with Gasteiger partial charge in [0.1, 0.15) is 11.2 Å². The minimum atomic E-state index is -0.455. The molecule has 12 aromatic carbocycles. The molecule has 77 heavy (non-hydrogen) atoms.